The van der Waals surface area contributed by atoms with E-state index in [0.717, 1.165) is 62.5 Å². The molecular weight excluding hydrogens is 478 g/mol. The molecule has 0 aliphatic heterocycles. The van der Waals surface area contributed by atoms with Crippen molar-refractivity contribution in [1.82, 2.24) is 0 Å². The molecule has 0 aromatic rings. The molecule has 0 atom stereocenters. The van der Waals surface area contributed by atoms with Crippen molar-refractivity contribution in [2.24, 2.45) is 0 Å². The summed E-state index contributed by atoms with van der Waals surface area (Å²) < 4.78 is 22.0. The smallest absolute Gasteiger partial charge is 0.756 e. The molecule has 36 heavy (non-hydrogen) atoms. The summed E-state index contributed by atoms with van der Waals surface area (Å²) >= 11 is 0. The van der Waals surface area contributed by atoms with Crippen molar-refractivity contribution in [1.29, 1.82) is 0 Å². The van der Waals surface area contributed by atoms with Gasteiger partial charge in [0.05, 0.1) is 13.2 Å². The van der Waals surface area contributed by atoms with Crippen LogP contribution in [0.1, 0.15) is 107 Å². The minimum Gasteiger partial charge on any atom is -0.756 e. The second kappa shape index (κ2) is 22.5. The molecule has 0 heterocycles. The van der Waals surface area contributed by atoms with E-state index in [1.165, 1.54) is 22.3 Å². The summed E-state index contributed by atoms with van der Waals surface area (Å²) in [5, 5.41) is 0. The van der Waals surface area contributed by atoms with Gasteiger partial charge in [-0.25, -0.2) is 0 Å². The van der Waals surface area contributed by atoms with Crippen LogP contribution in [0.15, 0.2) is 69.9 Å². The molecule has 0 aromatic carbocycles. The van der Waals surface area contributed by atoms with Gasteiger partial charge in [-0.3, -0.25) is 4.57 Å². The minimum absolute atomic E-state index is 0. The summed E-state index contributed by atoms with van der Waals surface area (Å²) in [6.45, 7) is 16.8. The molecule has 6 heteroatoms. The van der Waals surface area contributed by atoms with Crippen LogP contribution >= 0.6 is 7.82 Å². The molecule has 0 unspecified atom stereocenters. The number of allylic oxidation sites excluding steroid dienone is 10. The van der Waals surface area contributed by atoms with Crippen molar-refractivity contribution < 1.29 is 48.1 Å². The fourth-order valence-electron chi connectivity index (χ4n) is 3.26. The number of phosphoric ester groups is 1. The summed E-state index contributed by atoms with van der Waals surface area (Å²) in [6, 6.07) is 0. The first-order chi connectivity index (χ1) is 16.4. The maximum Gasteiger partial charge on any atom is 1.00 e. The molecule has 0 spiro atoms. The van der Waals surface area contributed by atoms with Crippen LogP contribution in [0.2, 0.25) is 0 Å². The Balaban J connectivity index is 0. The SMILES string of the molecule is CC(C)=CCCC(C)=CCCC(C)=CCOP(=O)([O-])OCC=C(C)CCC=C(C)CCC=C(C)C.[Na+]. The third-order valence-electron chi connectivity index (χ3n) is 5.57. The largest absolute Gasteiger partial charge is 1.00 e. The number of hydrogen-bond acceptors (Lipinski definition) is 4. The molecule has 0 N–H and O–H groups in total. The van der Waals surface area contributed by atoms with E-state index in [9.17, 15) is 9.46 Å². The average molecular weight is 529 g/mol. The van der Waals surface area contributed by atoms with E-state index in [2.05, 4.69) is 65.8 Å². The van der Waals surface area contributed by atoms with Gasteiger partial charge < -0.3 is 13.9 Å². The molecular formula is C30H50NaO4P. The molecule has 0 aromatic heterocycles. The van der Waals surface area contributed by atoms with E-state index < -0.39 is 7.82 Å². The summed E-state index contributed by atoms with van der Waals surface area (Å²) in [4.78, 5) is 12.0. The zero-order valence-electron chi connectivity index (χ0n) is 24.6. The molecule has 0 aliphatic rings. The number of hydrogen-bond donors (Lipinski definition) is 0. The van der Waals surface area contributed by atoms with Crippen molar-refractivity contribution >= 4 is 7.82 Å². The molecule has 0 saturated heterocycles. The van der Waals surface area contributed by atoms with Crippen molar-refractivity contribution in [2.45, 2.75) is 107 Å². The molecule has 200 valence electrons. The maximum atomic E-state index is 12.0. The first-order valence-corrected chi connectivity index (χ1v) is 14.4. The second-order valence-electron chi connectivity index (χ2n) is 9.96. The molecule has 4 nitrogen and oxygen atoms in total. The van der Waals surface area contributed by atoms with Gasteiger partial charge in [-0.2, -0.15) is 0 Å². The molecule has 0 bridgehead atoms. The maximum absolute atomic E-state index is 12.0. The Hall–Kier alpha value is -0.450. The molecule has 0 aliphatic carbocycles. The van der Waals surface area contributed by atoms with E-state index in [1.807, 2.05) is 26.0 Å². The van der Waals surface area contributed by atoms with Crippen LogP contribution in [-0.2, 0) is 13.6 Å². The van der Waals surface area contributed by atoms with Crippen LogP contribution in [0.5, 0.6) is 0 Å². The van der Waals surface area contributed by atoms with Crippen molar-refractivity contribution in [2.75, 3.05) is 13.2 Å². The van der Waals surface area contributed by atoms with Gasteiger partial charge in [-0.05, 0) is 107 Å². The molecule has 0 rings (SSSR count). The Morgan fingerprint density at radius 2 is 0.833 bits per heavy atom. The van der Waals surface area contributed by atoms with Crippen molar-refractivity contribution in [3.63, 3.8) is 0 Å². The van der Waals surface area contributed by atoms with Crippen LogP contribution in [0.4, 0.5) is 0 Å². The fraction of sp³-hybridized carbons (Fsp3) is 0.600. The van der Waals surface area contributed by atoms with E-state index in [4.69, 9.17) is 9.05 Å². The van der Waals surface area contributed by atoms with Crippen LogP contribution in [0, 0.1) is 0 Å². The zero-order valence-corrected chi connectivity index (χ0v) is 27.5. The van der Waals surface area contributed by atoms with Gasteiger partial charge in [0.1, 0.15) is 0 Å². The Morgan fingerprint density at radius 3 is 1.14 bits per heavy atom. The second-order valence-corrected chi connectivity index (χ2v) is 11.4. The van der Waals surface area contributed by atoms with Crippen LogP contribution in [0.3, 0.4) is 0 Å². The van der Waals surface area contributed by atoms with Gasteiger partial charge >= 0.3 is 29.6 Å². The standard InChI is InChI=1S/C30H51O4P.Na/c1-25(2)13-9-15-27(5)17-11-19-29(7)21-23-33-35(31,32)34-24-22-30(8)20-12-18-28(6)16-10-14-26(3)4;/h13-14,17-18,21-22H,9-12,15-16,19-20,23-24H2,1-8H3,(H,31,32);/q;+1/p-1. The summed E-state index contributed by atoms with van der Waals surface area (Å²) in [7, 11) is -4.30. The quantitative estimate of drug-likeness (QED) is 0.119. The molecule has 0 fully saturated rings. The van der Waals surface area contributed by atoms with E-state index >= 15 is 0 Å². The Morgan fingerprint density at radius 1 is 0.556 bits per heavy atom. The predicted octanol–water partition coefficient (Wildman–Crippen LogP) is 6.33. The van der Waals surface area contributed by atoms with E-state index in [-0.39, 0.29) is 42.8 Å². The minimum atomic E-state index is -4.30. The van der Waals surface area contributed by atoms with Crippen molar-refractivity contribution in [3.05, 3.63) is 69.9 Å². The first-order valence-electron chi connectivity index (χ1n) is 12.9. The zero-order chi connectivity index (χ0) is 26.7. The molecule has 0 saturated carbocycles. The van der Waals surface area contributed by atoms with Gasteiger partial charge in [-0.15, -0.1) is 0 Å². The van der Waals surface area contributed by atoms with Gasteiger partial charge in [0, 0.05) is 0 Å². The average Bonchev–Trinajstić information content (AvgIpc) is 2.73. The molecule has 0 radical (unpaired) electrons. The monoisotopic (exact) mass is 528 g/mol. The summed E-state index contributed by atoms with van der Waals surface area (Å²) in [6.07, 6.45) is 20.6. The third kappa shape index (κ3) is 25.2. The van der Waals surface area contributed by atoms with Crippen LogP contribution in [-0.4, -0.2) is 13.2 Å². The summed E-state index contributed by atoms with van der Waals surface area (Å²) in [5.74, 6) is 0. The van der Waals surface area contributed by atoms with Gasteiger partial charge in [0.2, 0.25) is 0 Å². The summed E-state index contributed by atoms with van der Waals surface area (Å²) in [5.41, 5.74) is 7.70. The van der Waals surface area contributed by atoms with Gasteiger partial charge in [0.25, 0.3) is 7.82 Å². The number of phosphoric acid groups is 1. The Kier molecular flexibility index (Phi) is 23.6. The van der Waals surface area contributed by atoms with Gasteiger partial charge in [0.15, 0.2) is 0 Å². The Labute approximate surface area is 244 Å². The van der Waals surface area contributed by atoms with Crippen LogP contribution in [0.25, 0.3) is 0 Å². The first kappa shape index (κ1) is 37.7. The molecule has 0 amide bonds. The Bertz CT molecular complexity index is 773. The van der Waals surface area contributed by atoms with Crippen LogP contribution < -0.4 is 34.5 Å². The van der Waals surface area contributed by atoms with E-state index in [1.54, 1.807) is 0 Å². The van der Waals surface area contributed by atoms with Crippen molar-refractivity contribution in [3.8, 4) is 0 Å². The van der Waals surface area contributed by atoms with Gasteiger partial charge in [-0.1, -0.05) is 69.9 Å². The number of rotatable bonds is 18. The fourth-order valence-corrected chi connectivity index (χ4v) is 3.85. The topological polar surface area (TPSA) is 58.6 Å². The normalized spacial score (nSPS) is 14.7. The van der Waals surface area contributed by atoms with E-state index in [0.29, 0.717) is 0 Å². The predicted molar refractivity (Wildman–Crippen MR) is 150 cm³/mol. The third-order valence-corrected chi connectivity index (χ3v) is 6.50.